The first-order chi connectivity index (χ1) is 9.11. The van der Waals surface area contributed by atoms with Gasteiger partial charge in [0.1, 0.15) is 5.75 Å². The Kier molecular flexibility index (Phi) is 4.19. The lowest BCUT2D eigenvalue weighted by molar-refractivity contribution is -0.142. The third-order valence-electron chi connectivity index (χ3n) is 3.65. The van der Waals surface area contributed by atoms with E-state index < -0.39 is 17.6 Å². The standard InChI is InChI=1S/C13H18N2O4/c1-19-10-7-12(16)15(14-8-10)11(13(17)18)6-9-4-2-3-5-9/h7-9,11H,2-6H2,1H3,(H,17,18). The van der Waals surface area contributed by atoms with Crippen molar-refractivity contribution in [1.82, 2.24) is 9.78 Å². The van der Waals surface area contributed by atoms with Crippen LogP contribution in [0.1, 0.15) is 38.1 Å². The molecule has 0 saturated heterocycles. The van der Waals surface area contributed by atoms with Crippen LogP contribution in [-0.2, 0) is 4.79 Å². The molecule has 1 aliphatic carbocycles. The first-order valence-electron chi connectivity index (χ1n) is 6.47. The van der Waals surface area contributed by atoms with Gasteiger partial charge in [0.05, 0.1) is 13.3 Å². The lowest BCUT2D eigenvalue weighted by Crippen LogP contribution is -2.32. The Morgan fingerprint density at radius 1 is 1.58 bits per heavy atom. The van der Waals surface area contributed by atoms with E-state index in [0.717, 1.165) is 30.4 Å². The number of rotatable bonds is 5. The average molecular weight is 266 g/mol. The van der Waals surface area contributed by atoms with Gasteiger partial charge in [0, 0.05) is 6.07 Å². The second-order valence-electron chi connectivity index (χ2n) is 4.92. The molecule has 1 saturated carbocycles. The van der Waals surface area contributed by atoms with E-state index in [2.05, 4.69) is 5.10 Å². The van der Waals surface area contributed by atoms with Crippen molar-refractivity contribution in [3.05, 3.63) is 22.6 Å². The van der Waals surface area contributed by atoms with Crippen molar-refractivity contribution in [1.29, 1.82) is 0 Å². The normalized spacial score (nSPS) is 17.3. The molecule has 1 aromatic heterocycles. The summed E-state index contributed by atoms with van der Waals surface area (Å²) in [6.07, 6.45) is 6.19. The van der Waals surface area contributed by atoms with Gasteiger partial charge in [-0.25, -0.2) is 9.48 Å². The monoisotopic (exact) mass is 266 g/mol. The van der Waals surface area contributed by atoms with Gasteiger partial charge in [-0.3, -0.25) is 4.79 Å². The van der Waals surface area contributed by atoms with Gasteiger partial charge >= 0.3 is 5.97 Å². The molecule has 1 aliphatic rings. The number of nitrogens with zero attached hydrogens (tertiary/aromatic N) is 2. The van der Waals surface area contributed by atoms with Crippen molar-refractivity contribution in [2.75, 3.05) is 7.11 Å². The summed E-state index contributed by atoms with van der Waals surface area (Å²) in [6.45, 7) is 0. The summed E-state index contributed by atoms with van der Waals surface area (Å²) in [5.74, 6) is -0.296. The minimum atomic E-state index is -1.01. The number of hydrogen-bond donors (Lipinski definition) is 1. The molecule has 1 N–H and O–H groups in total. The third kappa shape index (κ3) is 3.13. The van der Waals surface area contributed by atoms with Crippen molar-refractivity contribution in [2.45, 2.75) is 38.1 Å². The summed E-state index contributed by atoms with van der Waals surface area (Å²) in [6, 6.07) is 0.374. The van der Waals surface area contributed by atoms with Crippen LogP contribution >= 0.6 is 0 Å². The molecular formula is C13H18N2O4. The molecule has 0 spiro atoms. The molecule has 0 aromatic carbocycles. The van der Waals surface area contributed by atoms with Crippen LogP contribution in [0.15, 0.2) is 17.1 Å². The minimum Gasteiger partial charge on any atom is -0.495 e. The zero-order chi connectivity index (χ0) is 13.8. The molecule has 1 heterocycles. The summed E-state index contributed by atoms with van der Waals surface area (Å²) in [7, 11) is 1.44. The van der Waals surface area contributed by atoms with Crippen LogP contribution in [0.2, 0.25) is 0 Å². The van der Waals surface area contributed by atoms with Crippen molar-refractivity contribution in [3.8, 4) is 5.75 Å². The predicted octanol–water partition coefficient (Wildman–Crippen LogP) is 1.46. The van der Waals surface area contributed by atoms with Crippen LogP contribution in [-0.4, -0.2) is 28.0 Å². The molecule has 6 heteroatoms. The molecule has 6 nitrogen and oxygen atoms in total. The molecule has 0 amide bonds. The van der Waals surface area contributed by atoms with E-state index in [4.69, 9.17) is 4.74 Å². The van der Waals surface area contributed by atoms with Crippen molar-refractivity contribution >= 4 is 5.97 Å². The highest BCUT2D eigenvalue weighted by Crippen LogP contribution is 2.31. The number of carbonyl (C=O) groups is 1. The highest BCUT2D eigenvalue weighted by atomic mass is 16.5. The van der Waals surface area contributed by atoms with Crippen molar-refractivity contribution < 1.29 is 14.6 Å². The summed E-state index contributed by atoms with van der Waals surface area (Å²) in [4.78, 5) is 23.2. The zero-order valence-electron chi connectivity index (χ0n) is 10.9. The molecule has 0 bridgehead atoms. The van der Waals surface area contributed by atoms with Crippen LogP contribution in [0.5, 0.6) is 5.75 Å². The smallest absolute Gasteiger partial charge is 0.328 e. The van der Waals surface area contributed by atoms with Crippen LogP contribution in [0.4, 0.5) is 0 Å². The highest BCUT2D eigenvalue weighted by molar-refractivity contribution is 5.71. The summed E-state index contributed by atoms with van der Waals surface area (Å²) in [5.41, 5.74) is -0.440. The molecule has 2 rings (SSSR count). The highest BCUT2D eigenvalue weighted by Gasteiger charge is 2.27. The minimum absolute atomic E-state index is 0.339. The number of carboxylic acids is 1. The lowest BCUT2D eigenvalue weighted by Gasteiger charge is -2.18. The molecule has 1 unspecified atom stereocenters. The number of aliphatic carboxylic acids is 1. The molecular weight excluding hydrogens is 248 g/mol. The Balaban J connectivity index is 2.23. The molecule has 1 fully saturated rings. The first kappa shape index (κ1) is 13.6. The second-order valence-corrected chi connectivity index (χ2v) is 4.92. The number of aromatic nitrogens is 2. The van der Waals surface area contributed by atoms with Gasteiger partial charge in [0.25, 0.3) is 5.56 Å². The lowest BCUT2D eigenvalue weighted by atomic mass is 9.98. The Morgan fingerprint density at radius 3 is 2.79 bits per heavy atom. The molecule has 1 aromatic rings. The van der Waals surface area contributed by atoms with Gasteiger partial charge in [0.15, 0.2) is 6.04 Å². The fourth-order valence-electron chi connectivity index (χ4n) is 2.61. The van der Waals surface area contributed by atoms with Gasteiger partial charge in [0.2, 0.25) is 0 Å². The van der Waals surface area contributed by atoms with Gasteiger partial charge in [-0.1, -0.05) is 25.7 Å². The Labute approximate surface area is 111 Å². The van der Waals surface area contributed by atoms with Gasteiger partial charge in [-0.2, -0.15) is 5.10 Å². The van der Waals surface area contributed by atoms with Crippen LogP contribution in [0.25, 0.3) is 0 Å². The van der Waals surface area contributed by atoms with E-state index in [-0.39, 0.29) is 0 Å². The van der Waals surface area contributed by atoms with E-state index >= 15 is 0 Å². The van der Waals surface area contributed by atoms with E-state index in [1.54, 1.807) is 0 Å². The maximum absolute atomic E-state index is 11.9. The molecule has 19 heavy (non-hydrogen) atoms. The fraction of sp³-hybridized carbons (Fsp3) is 0.615. The SMILES string of the molecule is COc1cnn(C(CC2CCCC2)C(=O)O)c(=O)c1. The maximum Gasteiger partial charge on any atom is 0.328 e. The second kappa shape index (κ2) is 5.86. The number of methoxy groups -OCH3 is 1. The molecule has 104 valence electrons. The number of carboxylic acid groups (broad SMARTS) is 1. The van der Waals surface area contributed by atoms with E-state index in [1.165, 1.54) is 19.4 Å². The maximum atomic E-state index is 11.9. The predicted molar refractivity (Wildman–Crippen MR) is 68.3 cm³/mol. The Bertz CT molecular complexity index is 506. The molecule has 1 atom stereocenters. The van der Waals surface area contributed by atoms with Crippen molar-refractivity contribution in [3.63, 3.8) is 0 Å². The Morgan fingerprint density at radius 2 is 2.26 bits per heavy atom. The topological polar surface area (TPSA) is 81.4 Å². The van der Waals surface area contributed by atoms with Gasteiger partial charge in [-0.05, 0) is 12.3 Å². The first-order valence-corrected chi connectivity index (χ1v) is 6.47. The number of ether oxygens (including phenoxy) is 1. The zero-order valence-corrected chi connectivity index (χ0v) is 10.9. The summed E-state index contributed by atoms with van der Waals surface area (Å²) < 4.78 is 5.95. The Hall–Kier alpha value is -1.85. The fourth-order valence-corrected chi connectivity index (χ4v) is 2.61. The van der Waals surface area contributed by atoms with Gasteiger partial charge in [-0.15, -0.1) is 0 Å². The quantitative estimate of drug-likeness (QED) is 0.872. The van der Waals surface area contributed by atoms with Crippen LogP contribution in [0.3, 0.4) is 0 Å². The molecule has 0 aliphatic heterocycles. The largest absolute Gasteiger partial charge is 0.495 e. The third-order valence-corrected chi connectivity index (χ3v) is 3.65. The number of hydrogen-bond acceptors (Lipinski definition) is 4. The van der Waals surface area contributed by atoms with Crippen LogP contribution < -0.4 is 10.3 Å². The summed E-state index contributed by atoms with van der Waals surface area (Å²) in [5, 5.41) is 13.2. The van der Waals surface area contributed by atoms with Crippen LogP contribution in [0, 0.1) is 5.92 Å². The van der Waals surface area contributed by atoms with E-state index in [1.807, 2.05) is 0 Å². The molecule has 0 radical (unpaired) electrons. The van der Waals surface area contributed by atoms with E-state index in [9.17, 15) is 14.7 Å². The summed E-state index contributed by atoms with van der Waals surface area (Å²) >= 11 is 0. The van der Waals surface area contributed by atoms with E-state index in [0.29, 0.717) is 18.1 Å². The van der Waals surface area contributed by atoms with Gasteiger partial charge < -0.3 is 9.84 Å². The van der Waals surface area contributed by atoms with Crippen molar-refractivity contribution in [2.24, 2.45) is 5.92 Å². The average Bonchev–Trinajstić information content (AvgIpc) is 2.89.